The van der Waals surface area contributed by atoms with Crippen molar-refractivity contribution in [1.82, 2.24) is 15.2 Å². The van der Waals surface area contributed by atoms with Gasteiger partial charge in [-0.1, -0.05) is 109 Å². The minimum absolute atomic E-state index is 0.803. The number of fused-ring (bicyclic) bond motifs is 2. The van der Waals surface area contributed by atoms with Gasteiger partial charge in [0.05, 0.1) is 17.1 Å². The second kappa shape index (κ2) is 9.65. The molecule has 46 heavy (non-hydrogen) atoms. The van der Waals surface area contributed by atoms with E-state index in [0.717, 1.165) is 33.8 Å². The van der Waals surface area contributed by atoms with Crippen molar-refractivity contribution in [1.29, 1.82) is 0 Å². The Kier molecular flexibility index (Phi) is 5.28. The van der Waals surface area contributed by atoms with Gasteiger partial charge in [0.15, 0.2) is 0 Å². The summed E-state index contributed by atoms with van der Waals surface area (Å²) in [5.74, 6) is 0. The van der Waals surface area contributed by atoms with Crippen molar-refractivity contribution in [2.45, 2.75) is 0 Å². The predicted molar refractivity (Wildman–Crippen MR) is 192 cm³/mol. The summed E-state index contributed by atoms with van der Waals surface area (Å²) < 4.78 is 0. The van der Waals surface area contributed by atoms with E-state index in [4.69, 9.17) is 4.98 Å². The molecule has 0 amide bonds. The molecule has 0 aliphatic heterocycles. The highest BCUT2D eigenvalue weighted by Gasteiger charge is 2.16. The van der Waals surface area contributed by atoms with Crippen LogP contribution in [0, 0.1) is 0 Å². The van der Waals surface area contributed by atoms with E-state index in [1.165, 1.54) is 64.6 Å². The molecule has 2 aromatic heterocycles. The molecule has 8 aromatic carbocycles. The first-order valence-electron chi connectivity index (χ1n) is 15.6. The van der Waals surface area contributed by atoms with E-state index in [2.05, 4.69) is 113 Å². The molecule has 0 N–H and O–H groups in total. The van der Waals surface area contributed by atoms with E-state index in [0.29, 0.717) is 0 Å². The van der Waals surface area contributed by atoms with Gasteiger partial charge in [-0.05, 0) is 101 Å². The average molecular weight is 584 g/mol. The molecular weight excluding hydrogens is 558 g/mol. The van der Waals surface area contributed by atoms with Crippen LogP contribution < -0.4 is 0 Å². The van der Waals surface area contributed by atoms with E-state index >= 15 is 0 Å². The molecule has 3 nitrogen and oxygen atoms in total. The summed E-state index contributed by atoms with van der Waals surface area (Å²) in [6, 6.07) is 52.2. The van der Waals surface area contributed by atoms with Crippen LogP contribution in [-0.4, -0.2) is 15.2 Å². The van der Waals surface area contributed by atoms with Gasteiger partial charge >= 0.3 is 0 Å². The highest BCUT2D eigenvalue weighted by molar-refractivity contribution is 6.37. The Hall–Kier alpha value is -6.19. The SMILES string of the molecule is c1ccc(-c2ccc(-c3ccc(-c4cc5ccc6cccc7c8cccc9ccc%10cccc(c(c4)c5c67)c%10c98)nc3)nn2)cc1. The zero-order valence-electron chi connectivity index (χ0n) is 24.8. The topological polar surface area (TPSA) is 38.7 Å². The summed E-state index contributed by atoms with van der Waals surface area (Å²) in [4.78, 5) is 4.96. The first kappa shape index (κ1) is 25.2. The van der Waals surface area contributed by atoms with E-state index in [1.54, 1.807) is 0 Å². The van der Waals surface area contributed by atoms with Crippen LogP contribution in [0.1, 0.15) is 0 Å². The molecule has 212 valence electrons. The van der Waals surface area contributed by atoms with Crippen LogP contribution in [0.2, 0.25) is 0 Å². The molecule has 0 fully saturated rings. The molecule has 3 heteroatoms. The molecule has 0 saturated heterocycles. The monoisotopic (exact) mass is 583 g/mol. The summed E-state index contributed by atoms with van der Waals surface area (Å²) in [5, 5.41) is 24.3. The minimum atomic E-state index is 0.803. The maximum Gasteiger partial charge on any atom is 0.0945 e. The van der Waals surface area contributed by atoms with Crippen molar-refractivity contribution >= 4 is 64.6 Å². The van der Waals surface area contributed by atoms with Gasteiger partial charge in [-0.3, -0.25) is 4.98 Å². The molecule has 0 spiro atoms. The zero-order chi connectivity index (χ0) is 30.2. The largest absolute Gasteiger partial charge is 0.256 e. The minimum Gasteiger partial charge on any atom is -0.256 e. The third kappa shape index (κ3) is 3.69. The second-order valence-corrected chi connectivity index (χ2v) is 12.1. The lowest BCUT2D eigenvalue weighted by molar-refractivity contribution is 1.04. The highest BCUT2D eigenvalue weighted by Crippen LogP contribution is 2.44. The number of aromatic nitrogens is 3. The smallest absolute Gasteiger partial charge is 0.0945 e. The second-order valence-electron chi connectivity index (χ2n) is 12.1. The number of nitrogens with zero attached hydrogens (tertiary/aromatic N) is 3. The summed E-state index contributed by atoms with van der Waals surface area (Å²) in [6.45, 7) is 0. The molecular formula is C43H25N3. The Morgan fingerprint density at radius 2 is 0.826 bits per heavy atom. The van der Waals surface area contributed by atoms with E-state index in [1.807, 2.05) is 48.7 Å². The predicted octanol–water partition coefficient (Wildman–Crippen LogP) is 11.2. The van der Waals surface area contributed by atoms with Gasteiger partial charge in [-0.15, -0.1) is 10.2 Å². The van der Waals surface area contributed by atoms with Gasteiger partial charge in [-0.25, -0.2) is 0 Å². The van der Waals surface area contributed by atoms with Gasteiger partial charge in [-0.2, -0.15) is 0 Å². The van der Waals surface area contributed by atoms with Gasteiger partial charge in [0.2, 0.25) is 0 Å². The van der Waals surface area contributed by atoms with Crippen molar-refractivity contribution in [2.75, 3.05) is 0 Å². The maximum absolute atomic E-state index is 4.96. The molecule has 0 aliphatic rings. The molecule has 0 unspecified atom stereocenters. The zero-order valence-corrected chi connectivity index (χ0v) is 24.8. The van der Waals surface area contributed by atoms with Gasteiger partial charge in [0.1, 0.15) is 0 Å². The first-order chi connectivity index (χ1) is 22.8. The van der Waals surface area contributed by atoms with E-state index in [-0.39, 0.29) is 0 Å². The molecule has 10 rings (SSSR count). The van der Waals surface area contributed by atoms with Gasteiger partial charge < -0.3 is 0 Å². The lowest BCUT2D eigenvalue weighted by Gasteiger charge is -2.17. The molecule has 0 atom stereocenters. The standard InChI is InChI=1S/C43H25N3/c1-2-7-26(8-3-1)38-21-22-39(46-45-38)31-19-20-37(44-25-31)32-23-30-18-17-29-10-5-13-34-33-12-4-9-27-15-16-28-11-6-14-35(42(28)40(27)33)36(24-32)43(30)41(29)34/h1-25H. The molecule has 2 heterocycles. The lowest BCUT2D eigenvalue weighted by atomic mass is 9.87. The van der Waals surface area contributed by atoms with Crippen LogP contribution in [-0.2, 0) is 0 Å². The Labute approximate surface area is 264 Å². The fourth-order valence-electron chi connectivity index (χ4n) is 7.40. The van der Waals surface area contributed by atoms with Crippen molar-refractivity contribution in [3.05, 3.63) is 152 Å². The quantitative estimate of drug-likeness (QED) is 0.194. The number of pyridine rings is 1. The Bertz CT molecular complexity index is 2760. The van der Waals surface area contributed by atoms with Gasteiger partial charge in [0.25, 0.3) is 0 Å². The summed E-state index contributed by atoms with van der Waals surface area (Å²) >= 11 is 0. The third-order valence-corrected chi connectivity index (χ3v) is 9.51. The Morgan fingerprint density at radius 3 is 1.39 bits per heavy atom. The molecule has 0 aliphatic carbocycles. The van der Waals surface area contributed by atoms with Crippen LogP contribution in [0.4, 0.5) is 0 Å². The number of rotatable bonds is 3. The maximum atomic E-state index is 4.96. The van der Waals surface area contributed by atoms with Crippen molar-refractivity contribution in [3.8, 4) is 33.8 Å². The average Bonchev–Trinajstić information content (AvgIpc) is 3.13. The number of hydrogen-bond donors (Lipinski definition) is 0. The van der Waals surface area contributed by atoms with E-state index < -0.39 is 0 Å². The van der Waals surface area contributed by atoms with Crippen molar-refractivity contribution < 1.29 is 0 Å². The molecule has 0 radical (unpaired) electrons. The van der Waals surface area contributed by atoms with Crippen LogP contribution >= 0.6 is 0 Å². The Balaban J connectivity index is 1.21. The fourth-order valence-corrected chi connectivity index (χ4v) is 7.40. The molecule has 0 saturated carbocycles. The van der Waals surface area contributed by atoms with Crippen LogP contribution in [0.5, 0.6) is 0 Å². The Morgan fingerprint density at radius 1 is 0.304 bits per heavy atom. The third-order valence-electron chi connectivity index (χ3n) is 9.51. The van der Waals surface area contributed by atoms with E-state index in [9.17, 15) is 0 Å². The van der Waals surface area contributed by atoms with Crippen LogP contribution in [0.3, 0.4) is 0 Å². The summed E-state index contributed by atoms with van der Waals surface area (Å²) in [6.07, 6.45) is 1.91. The normalized spacial score (nSPS) is 11.9. The summed E-state index contributed by atoms with van der Waals surface area (Å²) in [7, 11) is 0. The van der Waals surface area contributed by atoms with Crippen LogP contribution in [0.15, 0.2) is 152 Å². The number of hydrogen-bond acceptors (Lipinski definition) is 3. The molecule has 10 aromatic rings. The first-order valence-corrected chi connectivity index (χ1v) is 15.6. The van der Waals surface area contributed by atoms with Crippen molar-refractivity contribution in [3.63, 3.8) is 0 Å². The lowest BCUT2D eigenvalue weighted by Crippen LogP contribution is -1.92. The highest BCUT2D eigenvalue weighted by atomic mass is 15.1. The van der Waals surface area contributed by atoms with Crippen molar-refractivity contribution in [2.24, 2.45) is 0 Å². The fraction of sp³-hybridized carbons (Fsp3) is 0. The van der Waals surface area contributed by atoms with Gasteiger partial charge in [0, 0.05) is 22.9 Å². The summed E-state index contributed by atoms with van der Waals surface area (Å²) in [5.41, 5.74) is 5.67. The number of benzene rings is 7. The van der Waals surface area contributed by atoms with Crippen LogP contribution in [0.25, 0.3) is 98.4 Å². The molecule has 0 bridgehead atoms.